The zero-order valence-corrected chi connectivity index (χ0v) is 9.31. The average Bonchev–Trinajstić information content (AvgIpc) is 2.27. The van der Waals surface area contributed by atoms with Gasteiger partial charge in [0.1, 0.15) is 0 Å². The van der Waals surface area contributed by atoms with Gasteiger partial charge in [0.15, 0.2) is 0 Å². The van der Waals surface area contributed by atoms with Gasteiger partial charge in [0.05, 0.1) is 0 Å². The predicted molar refractivity (Wildman–Crippen MR) is 63.4 cm³/mol. The lowest BCUT2D eigenvalue weighted by Crippen LogP contribution is -2.25. The zero-order valence-electron chi connectivity index (χ0n) is 9.31. The smallest absolute Gasteiger partial charge is 0.246 e. The SMILES string of the molecule is CCCN(C)C(=O)/C=C/c1ccccc1. The molecule has 0 atom stereocenters. The second-order valence-corrected chi connectivity index (χ2v) is 3.50. The van der Waals surface area contributed by atoms with Crippen LogP contribution in [0.1, 0.15) is 18.9 Å². The van der Waals surface area contributed by atoms with Crippen molar-refractivity contribution in [3.8, 4) is 0 Å². The Labute approximate surface area is 91.2 Å². The van der Waals surface area contributed by atoms with Gasteiger partial charge in [0, 0.05) is 19.7 Å². The first kappa shape index (κ1) is 11.5. The number of carbonyl (C=O) groups excluding carboxylic acids is 1. The molecule has 0 N–H and O–H groups in total. The summed E-state index contributed by atoms with van der Waals surface area (Å²) < 4.78 is 0. The van der Waals surface area contributed by atoms with E-state index in [9.17, 15) is 4.79 Å². The van der Waals surface area contributed by atoms with E-state index in [-0.39, 0.29) is 5.91 Å². The molecule has 0 heterocycles. The summed E-state index contributed by atoms with van der Waals surface area (Å²) in [5.41, 5.74) is 1.05. The highest BCUT2D eigenvalue weighted by Gasteiger charge is 2.01. The molecular formula is C13H17NO. The standard InChI is InChI=1S/C13H17NO/c1-3-11-14(2)13(15)10-9-12-7-5-4-6-8-12/h4-10H,3,11H2,1-2H3/b10-9+. The molecule has 1 aromatic rings. The van der Waals surface area contributed by atoms with Crippen LogP contribution in [0.5, 0.6) is 0 Å². The molecule has 0 aliphatic heterocycles. The number of hydrogen-bond acceptors (Lipinski definition) is 1. The van der Waals surface area contributed by atoms with Gasteiger partial charge in [-0.3, -0.25) is 4.79 Å². The lowest BCUT2D eigenvalue weighted by atomic mass is 10.2. The van der Waals surface area contributed by atoms with Gasteiger partial charge in [-0.1, -0.05) is 37.3 Å². The second-order valence-electron chi connectivity index (χ2n) is 3.50. The molecule has 1 amide bonds. The van der Waals surface area contributed by atoms with Gasteiger partial charge in [-0.2, -0.15) is 0 Å². The number of hydrogen-bond donors (Lipinski definition) is 0. The summed E-state index contributed by atoms with van der Waals surface area (Å²) in [5.74, 6) is 0.0562. The van der Waals surface area contributed by atoms with Crippen molar-refractivity contribution in [2.45, 2.75) is 13.3 Å². The average molecular weight is 203 g/mol. The van der Waals surface area contributed by atoms with E-state index in [0.717, 1.165) is 18.5 Å². The van der Waals surface area contributed by atoms with Crippen LogP contribution < -0.4 is 0 Å². The van der Waals surface area contributed by atoms with Gasteiger partial charge >= 0.3 is 0 Å². The molecule has 80 valence electrons. The minimum absolute atomic E-state index is 0.0562. The van der Waals surface area contributed by atoms with E-state index < -0.39 is 0 Å². The molecule has 0 radical (unpaired) electrons. The van der Waals surface area contributed by atoms with Crippen molar-refractivity contribution in [2.24, 2.45) is 0 Å². The largest absolute Gasteiger partial charge is 0.342 e. The number of likely N-dealkylation sites (N-methyl/N-ethyl adjacent to an activating group) is 1. The fourth-order valence-electron chi connectivity index (χ4n) is 1.30. The van der Waals surface area contributed by atoms with Crippen molar-refractivity contribution >= 4 is 12.0 Å². The molecule has 0 aliphatic carbocycles. The Balaban J connectivity index is 2.55. The zero-order chi connectivity index (χ0) is 11.1. The van der Waals surface area contributed by atoms with Gasteiger partial charge in [0.25, 0.3) is 0 Å². The molecule has 0 aliphatic rings. The molecule has 0 aromatic heterocycles. The van der Waals surface area contributed by atoms with Crippen molar-refractivity contribution < 1.29 is 4.79 Å². The van der Waals surface area contributed by atoms with Gasteiger partial charge in [-0.05, 0) is 18.1 Å². The quantitative estimate of drug-likeness (QED) is 0.689. The van der Waals surface area contributed by atoms with Crippen molar-refractivity contribution in [3.63, 3.8) is 0 Å². The highest BCUT2D eigenvalue weighted by Crippen LogP contribution is 2.01. The van der Waals surface area contributed by atoms with Gasteiger partial charge < -0.3 is 4.90 Å². The Morgan fingerprint density at radius 1 is 1.33 bits per heavy atom. The Bertz CT molecular complexity index is 330. The van der Waals surface area contributed by atoms with Crippen molar-refractivity contribution in [1.29, 1.82) is 0 Å². The maximum atomic E-state index is 11.5. The molecule has 2 nitrogen and oxygen atoms in total. The number of amides is 1. The summed E-state index contributed by atoms with van der Waals surface area (Å²) in [7, 11) is 1.82. The van der Waals surface area contributed by atoms with Crippen LogP contribution in [0.3, 0.4) is 0 Å². The highest BCUT2D eigenvalue weighted by atomic mass is 16.2. The maximum Gasteiger partial charge on any atom is 0.246 e. The number of benzene rings is 1. The summed E-state index contributed by atoms with van der Waals surface area (Å²) >= 11 is 0. The van der Waals surface area contributed by atoms with Gasteiger partial charge in [-0.15, -0.1) is 0 Å². The van der Waals surface area contributed by atoms with E-state index in [1.807, 2.05) is 43.5 Å². The van der Waals surface area contributed by atoms with Crippen molar-refractivity contribution in [2.75, 3.05) is 13.6 Å². The fourth-order valence-corrected chi connectivity index (χ4v) is 1.30. The van der Waals surface area contributed by atoms with E-state index in [1.54, 1.807) is 11.0 Å². The summed E-state index contributed by atoms with van der Waals surface area (Å²) in [6, 6.07) is 9.83. The molecule has 0 bridgehead atoms. The predicted octanol–water partition coefficient (Wildman–Crippen LogP) is 2.57. The molecule has 1 aromatic carbocycles. The van der Waals surface area contributed by atoms with Gasteiger partial charge in [-0.25, -0.2) is 0 Å². The third-order valence-electron chi connectivity index (χ3n) is 2.15. The van der Waals surface area contributed by atoms with Crippen LogP contribution in [0, 0.1) is 0 Å². The maximum absolute atomic E-state index is 11.5. The third kappa shape index (κ3) is 3.98. The first-order chi connectivity index (χ1) is 7.24. The summed E-state index contributed by atoms with van der Waals surface area (Å²) in [6.45, 7) is 2.86. The second kappa shape index (κ2) is 6.02. The van der Waals surface area contributed by atoms with Crippen LogP contribution >= 0.6 is 0 Å². The molecule has 0 saturated heterocycles. The van der Waals surface area contributed by atoms with E-state index in [1.165, 1.54) is 0 Å². The highest BCUT2D eigenvalue weighted by molar-refractivity contribution is 5.91. The Morgan fingerprint density at radius 2 is 2.00 bits per heavy atom. The molecular weight excluding hydrogens is 186 g/mol. The van der Waals surface area contributed by atoms with E-state index in [2.05, 4.69) is 6.92 Å². The van der Waals surface area contributed by atoms with Crippen molar-refractivity contribution in [1.82, 2.24) is 4.90 Å². The van der Waals surface area contributed by atoms with Crippen LogP contribution in [0.25, 0.3) is 6.08 Å². The molecule has 0 fully saturated rings. The fraction of sp³-hybridized carbons (Fsp3) is 0.308. The van der Waals surface area contributed by atoms with E-state index in [4.69, 9.17) is 0 Å². The Hall–Kier alpha value is -1.57. The Morgan fingerprint density at radius 3 is 2.60 bits per heavy atom. The third-order valence-corrected chi connectivity index (χ3v) is 2.15. The van der Waals surface area contributed by atoms with E-state index in [0.29, 0.717) is 0 Å². The number of nitrogens with zero attached hydrogens (tertiary/aromatic N) is 1. The lowest BCUT2D eigenvalue weighted by Gasteiger charge is -2.12. The van der Waals surface area contributed by atoms with Crippen LogP contribution in [0.4, 0.5) is 0 Å². The molecule has 15 heavy (non-hydrogen) atoms. The van der Waals surface area contributed by atoms with Crippen LogP contribution in [-0.2, 0) is 4.79 Å². The molecule has 2 heteroatoms. The minimum Gasteiger partial charge on any atom is -0.342 e. The summed E-state index contributed by atoms with van der Waals surface area (Å²) in [5, 5.41) is 0. The first-order valence-electron chi connectivity index (χ1n) is 5.22. The molecule has 1 rings (SSSR count). The van der Waals surface area contributed by atoms with Crippen LogP contribution in [-0.4, -0.2) is 24.4 Å². The van der Waals surface area contributed by atoms with Crippen LogP contribution in [0.2, 0.25) is 0 Å². The van der Waals surface area contributed by atoms with Gasteiger partial charge in [0.2, 0.25) is 5.91 Å². The molecule has 0 spiro atoms. The number of carbonyl (C=O) groups is 1. The van der Waals surface area contributed by atoms with Crippen LogP contribution in [0.15, 0.2) is 36.4 Å². The Kier molecular flexibility index (Phi) is 4.61. The minimum atomic E-state index is 0.0562. The van der Waals surface area contributed by atoms with Crippen molar-refractivity contribution in [3.05, 3.63) is 42.0 Å². The topological polar surface area (TPSA) is 20.3 Å². The summed E-state index contributed by atoms with van der Waals surface area (Å²) in [6.07, 6.45) is 4.45. The molecule has 0 saturated carbocycles. The molecule has 0 unspecified atom stereocenters. The first-order valence-corrected chi connectivity index (χ1v) is 5.22. The normalized spacial score (nSPS) is 10.5. The monoisotopic (exact) mass is 203 g/mol. The lowest BCUT2D eigenvalue weighted by molar-refractivity contribution is -0.124. The summed E-state index contributed by atoms with van der Waals surface area (Å²) in [4.78, 5) is 13.3. The number of rotatable bonds is 4. The van der Waals surface area contributed by atoms with E-state index >= 15 is 0 Å².